The van der Waals surface area contributed by atoms with Gasteiger partial charge in [0.1, 0.15) is 5.75 Å². The highest BCUT2D eigenvalue weighted by molar-refractivity contribution is 5.98. The van der Waals surface area contributed by atoms with Gasteiger partial charge in [-0.15, -0.1) is 0 Å². The van der Waals surface area contributed by atoms with Crippen molar-refractivity contribution < 1.29 is 14.3 Å². The van der Waals surface area contributed by atoms with Gasteiger partial charge < -0.3 is 19.9 Å². The molecule has 2 aliphatic rings. The van der Waals surface area contributed by atoms with Gasteiger partial charge in [0.25, 0.3) is 0 Å². The number of benzene rings is 1. The van der Waals surface area contributed by atoms with Gasteiger partial charge in [-0.3, -0.25) is 4.79 Å². The molecule has 0 aromatic heterocycles. The number of ketones is 1. The molecule has 136 valence electrons. The average molecular weight is 345 g/mol. The van der Waals surface area contributed by atoms with E-state index in [2.05, 4.69) is 17.3 Å². The lowest BCUT2D eigenvalue weighted by Gasteiger charge is -2.29. The lowest BCUT2D eigenvalue weighted by molar-refractivity contribution is 0.101. The number of rotatable bonds is 4. The molecular weight excluding hydrogens is 318 g/mol. The maximum Gasteiger partial charge on any atom is 0.322 e. The summed E-state index contributed by atoms with van der Waals surface area (Å²) in [5.41, 5.74) is 1.13. The van der Waals surface area contributed by atoms with Crippen LogP contribution in [0.2, 0.25) is 0 Å². The van der Waals surface area contributed by atoms with Crippen LogP contribution in [-0.4, -0.2) is 60.4 Å². The van der Waals surface area contributed by atoms with Crippen molar-refractivity contribution in [2.75, 3.05) is 32.1 Å². The van der Waals surface area contributed by atoms with E-state index in [4.69, 9.17) is 4.74 Å². The van der Waals surface area contributed by atoms with Gasteiger partial charge >= 0.3 is 6.03 Å². The van der Waals surface area contributed by atoms with E-state index in [0.717, 1.165) is 32.4 Å². The molecule has 2 aliphatic heterocycles. The Balaban J connectivity index is 1.82. The first kappa shape index (κ1) is 17.7. The molecule has 6 nitrogen and oxygen atoms in total. The first-order chi connectivity index (χ1) is 12.0. The molecule has 1 N–H and O–H groups in total. The topological polar surface area (TPSA) is 61.9 Å². The number of amides is 2. The Morgan fingerprint density at radius 1 is 1.24 bits per heavy atom. The Morgan fingerprint density at radius 3 is 2.72 bits per heavy atom. The quantitative estimate of drug-likeness (QED) is 0.852. The molecule has 2 amide bonds. The second-order valence-corrected chi connectivity index (χ2v) is 6.97. The Kier molecular flexibility index (Phi) is 5.27. The molecule has 2 heterocycles. The number of likely N-dealkylation sites (tertiary alicyclic amines) is 1. The van der Waals surface area contributed by atoms with Crippen LogP contribution < -0.4 is 10.1 Å². The number of fused-ring (bicyclic) bond motifs is 2. The van der Waals surface area contributed by atoms with Crippen molar-refractivity contribution in [3.8, 4) is 5.75 Å². The number of carbonyl (C=O) groups is 2. The summed E-state index contributed by atoms with van der Waals surface area (Å²) in [7, 11) is 2.11. The number of hydrogen-bond acceptors (Lipinski definition) is 4. The average Bonchev–Trinajstić information content (AvgIpc) is 2.88. The second kappa shape index (κ2) is 7.44. The smallest absolute Gasteiger partial charge is 0.322 e. The number of anilines is 1. The number of urea groups is 1. The predicted octanol–water partition coefficient (Wildman–Crippen LogP) is 2.99. The molecule has 2 atom stereocenters. The highest BCUT2D eigenvalue weighted by Gasteiger charge is 2.39. The summed E-state index contributed by atoms with van der Waals surface area (Å²) in [5.74, 6) is 0.565. The van der Waals surface area contributed by atoms with Gasteiger partial charge in [-0.1, -0.05) is 0 Å². The van der Waals surface area contributed by atoms with Gasteiger partial charge in [0.05, 0.1) is 12.3 Å². The van der Waals surface area contributed by atoms with Crippen LogP contribution in [0.15, 0.2) is 18.2 Å². The van der Waals surface area contributed by atoms with E-state index in [1.165, 1.54) is 6.92 Å². The third kappa shape index (κ3) is 3.79. The normalized spacial score (nSPS) is 23.2. The molecule has 0 radical (unpaired) electrons. The Morgan fingerprint density at radius 2 is 2.00 bits per heavy atom. The minimum Gasteiger partial charge on any atom is -0.492 e. The van der Waals surface area contributed by atoms with E-state index in [9.17, 15) is 9.59 Å². The van der Waals surface area contributed by atoms with Crippen molar-refractivity contribution in [3.63, 3.8) is 0 Å². The molecule has 2 fully saturated rings. The van der Waals surface area contributed by atoms with Crippen LogP contribution in [0, 0.1) is 0 Å². The number of ether oxygens (including phenoxy) is 1. The van der Waals surface area contributed by atoms with Crippen molar-refractivity contribution in [1.29, 1.82) is 0 Å². The SMILES string of the molecule is CCOc1ccc(C(C)=O)cc1NC(=O)N1[C@@H]2CC[C@H]1CN(C)CC2. The largest absolute Gasteiger partial charge is 0.492 e. The minimum atomic E-state index is -0.0931. The van der Waals surface area contributed by atoms with E-state index >= 15 is 0 Å². The van der Waals surface area contributed by atoms with Crippen molar-refractivity contribution in [3.05, 3.63) is 23.8 Å². The van der Waals surface area contributed by atoms with Crippen molar-refractivity contribution in [1.82, 2.24) is 9.80 Å². The highest BCUT2D eigenvalue weighted by atomic mass is 16.5. The van der Waals surface area contributed by atoms with Crippen LogP contribution in [0.5, 0.6) is 5.75 Å². The van der Waals surface area contributed by atoms with Gasteiger partial charge in [0.15, 0.2) is 5.78 Å². The minimum absolute atomic E-state index is 0.0324. The molecular formula is C19H27N3O3. The van der Waals surface area contributed by atoms with Crippen LogP contribution in [0.3, 0.4) is 0 Å². The lowest BCUT2D eigenvalue weighted by atomic mass is 10.1. The lowest BCUT2D eigenvalue weighted by Crippen LogP contribution is -2.45. The standard InChI is InChI=1S/C19H27N3O3/c1-4-25-18-8-5-14(13(2)23)11-17(18)20-19(24)22-15-6-7-16(22)12-21(3)10-9-15/h5,8,11,15-16H,4,6-7,9-10,12H2,1-3H3,(H,20,24)/t15-,16+/m1/s1. The molecule has 25 heavy (non-hydrogen) atoms. The van der Waals surface area contributed by atoms with Crippen molar-refractivity contribution in [2.45, 2.75) is 45.2 Å². The summed E-state index contributed by atoms with van der Waals surface area (Å²) in [4.78, 5) is 29.0. The maximum absolute atomic E-state index is 13.0. The van der Waals surface area contributed by atoms with Gasteiger partial charge in [-0.25, -0.2) is 4.79 Å². The Hall–Kier alpha value is -2.08. The summed E-state index contributed by atoms with van der Waals surface area (Å²) in [6, 6.07) is 5.64. The second-order valence-electron chi connectivity index (χ2n) is 6.97. The molecule has 2 saturated heterocycles. The fourth-order valence-electron chi connectivity index (χ4n) is 3.88. The zero-order chi connectivity index (χ0) is 18.0. The fourth-order valence-corrected chi connectivity index (χ4v) is 3.88. The van der Waals surface area contributed by atoms with Crippen molar-refractivity contribution in [2.24, 2.45) is 0 Å². The number of hydrogen-bond donors (Lipinski definition) is 1. The molecule has 0 saturated carbocycles. The predicted molar refractivity (Wildman–Crippen MR) is 97.4 cm³/mol. The van der Waals surface area contributed by atoms with E-state index in [1.807, 2.05) is 11.8 Å². The van der Waals surface area contributed by atoms with Crippen LogP contribution in [-0.2, 0) is 0 Å². The van der Waals surface area contributed by atoms with Gasteiger partial charge in [0.2, 0.25) is 0 Å². The van der Waals surface area contributed by atoms with Crippen LogP contribution in [0.25, 0.3) is 0 Å². The number of nitrogens with one attached hydrogen (secondary N) is 1. The number of Topliss-reactive ketones (excluding diaryl/α,β-unsaturated/α-hetero) is 1. The van der Waals surface area contributed by atoms with Gasteiger partial charge in [-0.05, 0) is 64.9 Å². The van der Waals surface area contributed by atoms with Crippen LogP contribution in [0.4, 0.5) is 10.5 Å². The first-order valence-corrected chi connectivity index (χ1v) is 9.05. The molecule has 0 aliphatic carbocycles. The molecule has 3 rings (SSSR count). The first-order valence-electron chi connectivity index (χ1n) is 9.05. The summed E-state index contributed by atoms with van der Waals surface area (Å²) in [6.07, 6.45) is 3.12. The Labute approximate surface area is 149 Å². The maximum atomic E-state index is 13.0. The van der Waals surface area contributed by atoms with Gasteiger partial charge in [-0.2, -0.15) is 0 Å². The Bertz CT molecular complexity index is 661. The fraction of sp³-hybridized carbons (Fsp3) is 0.579. The molecule has 6 heteroatoms. The molecule has 2 bridgehead atoms. The van der Waals surface area contributed by atoms with E-state index in [0.29, 0.717) is 29.6 Å². The number of likely N-dealkylation sites (N-methyl/N-ethyl adjacent to an activating group) is 1. The molecule has 1 aromatic carbocycles. The van der Waals surface area contributed by atoms with E-state index in [-0.39, 0.29) is 17.9 Å². The molecule has 0 spiro atoms. The molecule has 0 unspecified atom stereocenters. The summed E-state index contributed by atoms with van der Waals surface area (Å²) in [5, 5.41) is 3.00. The number of nitrogens with zero attached hydrogens (tertiary/aromatic N) is 2. The van der Waals surface area contributed by atoms with Crippen LogP contribution >= 0.6 is 0 Å². The van der Waals surface area contributed by atoms with Gasteiger partial charge in [0, 0.05) is 24.2 Å². The monoisotopic (exact) mass is 345 g/mol. The summed E-state index contributed by atoms with van der Waals surface area (Å²) >= 11 is 0. The zero-order valence-electron chi connectivity index (χ0n) is 15.2. The highest BCUT2D eigenvalue weighted by Crippen LogP contribution is 2.32. The third-order valence-corrected chi connectivity index (χ3v) is 5.15. The third-order valence-electron chi connectivity index (χ3n) is 5.15. The van der Waals surface area contributed by atoms with E-state index < -0.39 is 0 Å². The van der Waals surface area contributed by atoms with E-state index in [1.54, 1.807) is 18.2 Å². The van der Waals surface area contributed by atoms with Crippen molar-refractivity contribution >= 4 is 17.5 Å². The van der Waals surface area contributed by atoms with Crippen LogP contribution in [0.1, 0.15) is 43.5 Å². The number of carbonyl (C=O) groups excluding carboxylic acids is 2. The summed E-state index contributed by atoms with van der Waals surface area (Å²) < 4.78 is 5.62. The molecule has 1 aromatic rings. The zero-order valence-corrected chi connectivity index (χ0v) is 15.2. The summed E-state index contributed by atoms with van der Waals surface area (Å²) in [6.45, 7) is 5.86.